The third-order valence-corrected chi connectivity index (χ3v) is 5.49. The van der Waals surface area contributed by atoms with E-state index in [9.17, 15) is 4.39 Å². The Bertz CT molecular complexity index is 904. The highest BCUT2D eigenvalue weighted by Gasteiger charge is 2.35. The third kappa shape index (κ3) is 1.85. The molecule has 0 fully saturated rings. The first kappa shape index (κ1) is 13.6. The lowest BCUT2D eigenvalue weighted by Gasteiger charge is -2.33. The highest BCUT2D eigenvalue weighted by atomic mass is 32.1. The smallest absolute Gasteiger partial charge is 0.173 e. The Labute approximate surface area is 132 Å². The zero-order valence-corrected chi connectivity index (χ0v) is 13.5. The molecule has 0 N–H and O–H groups in total. The van der Waals surface area contributed by atoms with Gasteiger partial charge in [0.05, 0.1) is 16.1 Å². The summed E-state index contributed by atoms with van der Waals surface area (Å²) in [5, 5.41) is 2.11. The van der Waals surface area contributed by atoms with Crippen molar-refractivity contribution in [3.63, 3.8) is 0 Å². The summed E-state index contributed by atoms with van der Waals surface area (Å²) in [6, 6.07) is 3.61. The van der Waals surface area contributed by atoms with Crippen LogP contribution in [0, 0.1) is 5.82 Å². The molecule has 0 saturated heterocycles. The quantitative estimate of drug-likeness (QED) is 0.660. The molecule has 3 aromatic heterocycles. The average Bonchev–Trinajstić information content (AvgIpc) is 3.10. The first-order valence-corrected chi connectivity index (χ1v) is 8.15. The predicted octanol–water partition coefficient (Wildman–Crippen LogP) is 4.27. The summed E-state index contributed by atoms with van der Waals surface area (Å²) in [5.41, 5.74) is 3.39. The molecule has 1 aliphatic heterocycles. The monoisotopic (exact) mass is 313 g/mol. The summed E-state index contributed by atoms with van der Waals surface area (Å²) in [6.07, 6.45) is 5.31. The van der Waals surface area contributed by atoms with Crippen molar-refractivity contribution in [2.45, 2.75) is 32.2 Å². The van der Waals surface area contributed by atoms with Crippen LogP contribution in [0.2, 0.25) is 0 Å². The van der Waals surface area contributed by atoms with Gasteiger partial charge in [0, 0.05) is 30.1 Å². The summed E-state index contributed by atoms with van der Waals surface area (Å²) in [5.74, 6) is 0.0705. The van der Waals surface area contributed by atoms with Gasteiger partial charge in [-0.2, -0.15) is 0 Å². The summed E-state index contributed by atoms with van der Waals surface area (Å²) >= 11 is 1.70. The van der Waals surface area contributed by atoms with E-state index in [0.29, 0.717) is 11.6 Å². The molecule has 4 rings (SSSR count). The SMILES string of the molecule is CC1c2ccsc2C(c2cnc3c(F)ccn3c2)=NC1(C)C. The maximum absolute atomic E-state index is 13.6. The summed E-state index contributed by atoms with van der Waals surface area (Å²) in [6.45, 7) is 6.52. The first-order valence-electron chi connectivity index (χ1n) is 7.27. The fourth-order valence-corrected chi connectivity index (χ4v) is 3.95. The van der Waals surface area contributed by atoms with Crippen LogP contribution in [0.3, 0.4) is 0 Å². The summed E-state index contributed by atoms with van der Waals surface area (Å²) in [4.78, 5) is 10.4. The maximum Gasteiger partial charge on any atom is 0.173 e. The van der Waals surface area contributed by atoms with Crippen molar-refractivity contribution in [2.24, 2.45) is 4.99 Å². The molecule has 0 radical (unpaired) electrons. The number of fused-ring (bicyclic) bond motifs is 2. The second-order valence-electron chi connectivity index (χ2n) is 6.28. The second kappa shape index (κ2) is 4.49. The van der Waals surface area contributed by atoms with E-state index >= 15 is 0 Å². The molecule has 0 amide bonds. The molecule has 0 spiro atoms. The van der Waals surface area contributed by atoms with Crippen LogP contribution in [0.1, 0.15) is 42.7 Å². The fourth-order valence-electron chi connectivity index (χ4n) is 2.95. The fraction of sp³-hybridized carbons (Fsp3) is 0.294. The molecule has 1 aliphatic rings. The van der Waals surface area contributed by atoms with Gasteiger partial charge in [-0.25, -0.2) is 9.37 Å². The van der Waals surface area contributed by atoms with E-state index in [1.54, 1.807) is 28.1 Å². The number of rotatable bonds is 1. The summed E-state index contributed by atoms with van der Waals surface area (Å²) in [7, 11) is 0. The van der Waals surface area contributed by atoms with Crippen molar-refractivity contribution in [3.05, 3.63) is 57.9 Å². The van der Waals surface area contributed by atoms with Crippen molar-refractivity contribution in [1.29, 1.82) is 0 Å². The molecule has 3 aromatic rings. The first-order chi connectivity index (χ1) is 10.5. The van der Waals surface area contributed by atoms with Gasteiger partial charge in [-0.15, -0.1) is 11.3 Å². The average molecular weight is 313 g/mol. The highest BCUT2D eigenvalue weighted by Crippen LogP contribution is 2.41. The number of aromatic nitrogens is 2. The van der Waals surface area contributed by atoms with Crippen LogP contribution in [0.5, 0.6) is 0 Å². The zero-order chi connectivity index (χ0) is 15.5. The molecule has 22 heavy (non-hydrogen) atoms. The molecular weight excluding hydrogens is 297 g/mol. The highest BCUT2D eigenvalue weighted by molar-refractivity contribution is 7.12. The number of aliphatic imine (C=N–C) groups is 1. The minimum atomic E-state index is -0.303. The van der Waals surface area contributed by atoms with Crippen molar-refractivity contribution < 1.29 is 4.39 Å². The topological polar surface area (TPSA) is 29.7 Å². The Morgan fingerprint density at radius 1 is 1.32 bits per heavy atom. The number of halogens is 1. The van der Waals surface area contributed by atoms with Crippen LogP contribution in [0.15, 0.2) is 41.1 Å². The Hall–Kier alpha value is -2.01. The van der Waals surface area contributed by atoms with Gasteiger partial charge >= 0.3 is 0 Å². The number of hydrogen-bond donors (Lipinski definition) is 0. The van der Waals surface area contributed by atoms with E-state index in [2.05, 4.69) is 37.2 Å². The molecule has 112 valence electrons. The Morgan fingerprint density at radius 2 is 2.14 bits per heavy atom. The lowest BCUT2D eigenvalue weighted by Crippen LogP contribution is -2.32. The molecule has 1 unspecified atom stereocenters. The molecule has 0 saturated carbocycles. The number of thiophene rings is 1. The third-order valence-electron chi connectivity index (χ3n) is 4.55. The minimum Gasteiger partial charge on any atom is -0.305 e. The maximum atomic E-state index is 13.6. The molecule has 1 atom stereocenters. The molecule has 0 aromatic carbocycles. The van der Waals surface area contributed by atoms with E-state index in [1.807, 2.05) is 6.20 Å². The normalized spacial score (nSPS) is 20.0. The largest absolute Gasteiger partial charge is 0.305 e. The van der Waals surface area contributed by atoms with E-state index in [4.69, 9.17) is 4.99 Å². The molecule has 0 bridgehead atoms. The molecular formula is C17H16FN3S. The lowest BCUT2D eigenvalue weighted by atomic mass is 9.80. The van der Waals surface area contributed by atoms with Crippen molar-refractivity contribution in [3.8, 4) is 0 Å². The van der Waals surface area contributed by atoms with E-state index in [0.717, 1.165) is 11.3 Å². The Balaban J connectivity index is 1.93. The molecule has 3 nitrogen and oxygen atoms in total. The Morgan fingerprint density at radius 3 is 2.95 bits per heavy atom. The molecule has 0 aliphatic carbocycles. The van der Waals surface area contributed by atoms with Gasteiger partial charge in [0.2, 0.25) is 0 Å². The van der Waals surface area contributed by atoms with Crippen LogP contribution in [0.4, 0.5) is 4.39 Å². The zero-order valence-electron chi connectivity index (χ0n) is 12.7. The number of hydrogen-bond acceptors (Lipinski definition) is 3. The van der Waals surface area contributed by atoms with E-state index < -0.39 is 0 Å². The van der Waals surface area contributed by atoms with E-state index in [-0.39, 0.29) is 11.4 Å². The van der Waals surface area contributed by atoms with Gasteiger partial charge in [-0.3, -0.25) is 4.99 Å². The van der Waals surface area contributed by atoms with Crippen molar-refractivity contribution in [1.82, 2.24) is 9.38 Å². The van der Waals surface area contributed by atoms with Crippen LogP contribution in [-0.2, 0) is 0 Å². The van der Waals surface area contributed by atoms with Crippen LogP contribution in [0.25, 0.3) is 5.65 Å². The van der Waals surface area contributed by atoms with Gasteiger partial charge < -0.3 is 4.40 Å². The Kier molecular flexibility index (Phi) is 2.78. The van der Waals surface area contributed by atoms with Gasteiger partial charge in [-0.05, 0) is 36.9 Å². The van der Waals surface area contributed by atoms with Gasteiger partial charge in [0.25, 0.3) is 0 Å². The summed E-state index contributed by atoms with van der Waals surface area (Å²) < 4.78 is 15.3. The lowest BCUT2D eigenvalue weighted by molar-refractivity contribution is 0.433. The minimum absolute atomic E-state index is 0.166. The van der Waals surface area contributed by atoms with Crippen molar-refractivity contribution in [2.75, 3.05) is 0 Å². The standard InChI is InChI=1S/C17H16FN3S/c1-10-12-5-7-22-15(12)14(20-17(10,2)3)11-8-19-16-13(18)4-6-21(16)9-11/h4-10H,1-3H3. The van der Waals surface area contributed by atoms with Crippen LogP contribution in [-0.4, -0.2) is 20.6 Å². The molecule has 5 heteroatoms. The number of nitrogens with zero attached hydrogens (tertiary/aromatic N) is 3. The predicted molar refractivity (Wildman–Crippen MR) is 87.6 cm³/mol. The van der Waals surface area contributed by atoms with Gasteiger partial charge in [0.15, 0.2) is 11.5 Å². The van der Waals surface area contributed by atoms with E-state index in [1.165, 1.54) is 16.5 Å². The van der Waals surface area contributed by atoms with Crippen LogP contribution >= 0.6 is 11.3 Å². The van der Waals surface area contributed by atoms with Gasteiger partial charge in [0.1, 0.15) is 0 Å². The van der Waals surface area contributed by atoms with Crippen LogP contribution < -0.4 is 0 Å². The van der Waals surface area contributed by atoms with Crippen molar-refractivity contribution >= 4 is 22.7 Å². The second-order valence-corrected chi connectivity index (χ2v) is 7.19. The molecule has 4 heterocycles. The van der Waals surface area contributed by atoms with Gasteiger partial charge in [-0.1, -0.05) is 6.92 Å².